The lowest BCUT2D eigenvalue weighted by molar-refractivity contribution is -0.112. The van der Waals surface area contributed by atoms with Gasteiger partial charge in [-0.15, -0.1) is 5.10 Å². The molecular formula is C38H47FN4O16. The summed E-state index contributed by atoms with van der Waals surface area (Å²) in [4.78, 5) is 13.5. The molecule has 0 aliphatic carbocycles. The van der Waals surface area contributed by atoms with Crippen molar-refractivity contribution in [3.63, 3.8) is 0 Å². The van der Waals surface area contributed by atoms with Gasteiger partial charge in [0.15, 0.2) is 46.8 Å². The Morgan fingerprint density at radius 1 is 0.729 bits per heavy atom. The number of carbonyl (C=O) groups is 1. The topological polar surface area (TPSA) is 289 Å². The van der Waals surface area contributed by atoms with Crippen molar-refractivity contribution in [3.05, 3.63) is 70.8 Å². The lowest BCUT2D eigenvalue weighted by atomic mass is 9.90. The standard InChI is InChI=1S/C38H47FN4O16/c39-26-15-23(18-28(46)33(26)49)38(51)59-37-35(22-16-29(47)34(50)30(48)17-22)58-31-20-25(44)19-27(45)32(31)36(37)57-6-3-43-21-24(41-42-43)1-4-52-7-9-54-11-13-56-14-12-55-10-8-53-5-2-40/h15-21,35-37,44-50H,1-14,40H2. The van der Waals surface area contributed by atoms with Crippen LogP contribution >= 0.6 is 0 Å². The highest BCUT2D eigenvalue weighted by Crippen LogP contribution is 2.51. The first-order chi connectivity index (χ1) is 28.5. The summed E-state index contributed by atoms with van der Waals surface area (Å²) in [6, 6.07) is 5.57. The summed E-state index contributed by atoms with van der Waals surface area (Å²) < 4.78 is 61.0. The van der Waals surface area contributed by atoms with E-state index in [0.29, 0.717) is 90.8 Å². The number of rotatable bonds is 24. The SMILES string of the molecule is NCCOCCOCCOCCOCCOCCc1cn(CCOC2c3c(O)cc(O)cc3OC(c3cc(O)c(O)c(O)c3)C2OC(=O)c2cc(O)c(O)c(F)c2)nn1. The number of hydrogen-bond acceptors (Lipinski definition) is 19. The average molecular weight is 835 g/mol. The summed E-state index contributed by atoms with van der Waals surface area (Å²) in [6.07, 6.45) is -2.36. The van der Waals surface area contributed by atoms with Crippen LogP contribution in [0.1, 0.15) is 39.4 Å². The number of aromatic hydroxyl groups is 7. The number of benzene rings is 3. The van der Waals surface area contributed by atoms with E-state index in [9.17, 15) is 44.9 Å². The van der Waals surface area contributed by atoms with Crippen LogP contribution in [0.3, 0.4) is 0 Å². The summed E-state index contributed by atoms with van der Waals surface area (Å²) in [5, 5.41) is 79.8. The third-order valence-electron chi connectivity index (χ3n) is 8.64. The summed E-state index contributed by atoms with van der Waals surface area (Å²) >= 11 is 0. The van der Waals surface area contributed by atoms with Gasteiger partial charge in [0.1, 0.15) is 23.4 Å². The molecule has 1 aliphatic rings. The lowest BCUT2D eigenvalue weighted by Crippen LogP contribution is -2.40. The van der Waals surface area contributed by atoms with E-state index in [-0.39, 0.29) is 30.0 Å². The molecule has 2 heterocycles. The van der Waals surface area contributed by atoms with E-state index in [2.05, 4.69) is 10.3 Å². The molecule has 4 aromatic rings. The third-order valence-corrected chi connectivity index (χ3v) is 8.64. The van der Waals surface area contributed by atoms with E-state index in [0.717, 1.165) is 30.3 Å². The number of phenols is 7. The molecule has 1 aromatic heterocycles. The molecule has 1 aliphatic heterocycles. The van der Waals surface area contributed by atoms with Crippen molar-refractivity contribution < 1.29 is 82.8 Å². The molecule has 21 heteroatoms. The van der Waals surface area contributed by atoms with E-state index >= 15 is 0 Å². The Hall–Kier alpha value is -5.68. The first-order valence-corrected chi connectivity index (χ1v) is 18.5. The number of aromatic nitrogens is 3. The maximum atomic E-state index is 14.3. The molecule has 59 heavy (non-hydrogen) atoms. The van der Waals surface area contributed by atoms with Crippen LogP contribution < -0.4 is 10.5 Å². The quantitative estimate of drug-likeness (QED) is 0.0285. The molecule has 0 spiro atoms. The fourth-order valence-corrected chi connectivity index (χ4v) is 5.83. The van der Waals surface area contributed by atoms with Gasteiger partial charge in [-0.25, -0.2) is 13.9 Å². The van der Waals surface area contributed by atoms with Gasteiger partial charge in [-0.3, -0.25) is 0 Å². The Morgan fingerprint density at radius 3 is 1.93 bits per heavy atom. The van der Waals surface area contributed by atoms with E-state index in [4.69, 9.17) is 43.6 Å². The third kappa shape index (κ3) is 12.4. The van der Waals surface area contributed by atoms with Crippen LogP contribution in [0.4, 0.5) is 4.39 Å². The lowest BCUT2D eigenvalue weighted by Gasteiger charge is -2.39. The highest BCUT2D eigenvalue weighted by molar-refractivity contribution is 5.90. The van der Waals surface area contributed by atoms with Crippen molar-refractivity contribution in [2.75, 3.05) is 79.2 Å². The maximum absolute atomic E-state index is 14.3. The first kappa shape index (κ1) is 44.4. The minimum absolute atomic E-state index is 0.0560. The second-order valence-corrected chi connectivity index (χ2v) is 12.9. The van der Waals surface area contributed by atoms with Gasteiger partial charge in [-0.1, -0.05) is 5.21 Å². The van der Waals surface area contributed by atoms with E-state index < -0.39 is 75.9 Å². The zero-order chi connectivity index (χ0) is 42.3. The number of carbonyl (C=O) groups excluding carboxylic acids is 1. The van der Waals surface area contributed by atoms with Crippen molar-refractivity contribution in [1.29, 1.82) is 0 Å². The van der Waals surface area contributed by atoms with Crippen molar-refractivity contribution >= 4 is 5.97 Å². The summed E-state index contributed by atoms with van der Waals surface area (Å²) in [7, 11) is 0. The fraction of sp³-hybridized carbons (Fsp3) is 0.447. The van der Waals surface area contributed by atoms with Crippen LogP contribution in [0.25, 0.3) is 0 Å². The molecular weight excluding hydrogens is 787 g/mol. The number of esters is 1. The normalized spacial score (nSPS) is 16.1. The number of nitrogens with two attached hydrogens (primary N) is 1. The van der Waals surface area contributed by atoms with E-state index in [1.54, 1.807) is 6.20 Å². The van der Waals surface area contributed by atoms with Crippen LogP contribution in [-0.2, 0) is 46.1 Å². The predicted octanol–water partition coefficient (Wildman–Crippen LogP) is 2.06. The van der Waals surface area contributed by atoms with Crippen molar-refractivity contribution in [2.24, 2.45) is 5.73 Å². The largest absolute Gasteiger partial charge is 0.508 e. The van der Waals surface area contributed by atoms with E-state index in [1.807, 2.05) is 0 Å². The second kappa shape index (κ2) is 21.9. The van der Waals surface area contributed by atoms with Crippen LogP contribution in [0.5, 0.6) is 46.0 Å². The Kier molecular flexibility index (Phi) is 16.5. The van der Waals surface area contributed by atoms with Gasteiger partial charge in [0.2, 0.25) is 0 Å². The summed E-state index contributed by atoms with van der Waals surface area (Å²) in [5.74, 6) is -8.02. The smallest absolute Gasteiger partial charge is 0.338 e. The zero-order valence-electron chi connectivity index (χ0n) is 31.8. The molecule has 3 unspecified atom stereocenters. The van der Waals surface area contributed by atoms with Gasteiger partial charge in [-0.05, 0) is 24.3 Å². The summed E-state index contributed by atoms with van der Waals surface area (Å²) in [5.41, 5.74) is 5.31. The average Bonchev–Trinajstić information content (AvgIpc) is 3.66. The first-order valence-electron chi connectivity index (χ1n) is 18.5. The van der Waals surface area contributed by atoms with Crippen molar-refractivity contribution in [3.8, 4) is 46.0 Å². The number of nitrogens with zero attached hydrogens (tertiary/aromatic N) is 3. The van der Waals surface area contributed by atoms with Crippen molar-refractivity contribution in [2.45, 2.75) is 31.3 Å². The summed E-state index contributed by atoms with van der Waals surface area (Å²) in [6.45, 7) is 4.65. The Labute approximate surface area is 336 Å². The minimum atomic E-state index is -1.59. The second-order valence-electron chi connectivity index (χ2n) is 12.9. The fourth-order valence-electron chi connectivity index (χ4n) is 5.83. The number of fused-ring (bicyclic) bond motifs is 1. The molecule has 5 rings (SSSR count). The van der Waals surface area contributed by atoms with E-state index in [1.165, 1.54) is 4.68 Å². The predicted molar refractivity (Wildman–Crippen MR) is 199 cm³/mol. The molecule has 0 amide bonds. The molecule has 9 N–H and O–H groups in total. The molecule has 0 fully saturated rings. The molecule has 0 saturated carbocycles. The highest BCUT2D eigenvalue weighted by Gasteiger charge is 2.45. The number of hydrogen-bond donors (Lipinski definition) is 8. The maximum Gasteiger partial charge on any atom is 0.338 e. The molecule has 0 bridgehead atoms. The minimum Gasteiger partial charge on any atom is -0.508 e. The molecule has 322 valence electrons. The van der Waals surface area contributed by atoms with Gasteiger partial charge >= 0.3 is 5.97 Å². The number of halogens is 1. The molecule has 3 atom stereocenters. The monoisotopic (exact) mass is 834 g/mol. The molecule has 0 radical (unpaired) electrons. The molecule has 3 aromatic carbocycles. The Morgan fingerprint density at radius 2 is 1.32 bits per heavy atom. The van der Waals surface area contributed by atoms with Crippen molar-refractivity contribution in [1.82, 2.24) is 15.0 Å². The highest BCUT2D eigenvalue weighted by atomic mass is 19.1. The van der Waals surface area contributed by atoms with Gasteiger partial charge in [0.25, 0.3) is 0 Å². The Bertz CT molecular complexity index is 1940. The van der Waals surface area contributed by atoms with Crippen LogP contribution in [-0.4, -0.2) is 142 Å². The number of ether oxygens (including phenoxy) is 8. The van der Waals surface area contributed by atoms with Gasteiger partial charge in [-0.2, -0.15) is 0 Å². The van der Waals surface area contributed by atoms with Crippen LogP contribution in [0.15, 0.2) is 42.6 Å². The molecule has 20 nitrogen and oxygen atoms in total. The number of phenolic OH excluding ortho intramolecular Hbond substituents is 7. The van der Waals surface area contributed by atoms with Gasteiger partial charge < -0.3 is 79.4 Å². The Balaban J connectivity index is 1.17. The van der Waals surface area contributed by atoms with Gasteiger partial charge in [0, 0.05) is 36.9 Å². The van der Waals surface area contributed by atoms with Gasteiger partial charge in [0.05, 0.1) is 96.0 Å². The zero-order valence-corrected chi connectivity index (χ0v) is 31.8. The van der Waals surface area contributed by atoms with Crippen LogP contribution in [0, 0.1) is 5.82 Å². The molecule has 0 saturated heterocycles. The van der Waals surface area contributed by atoms with Crippen LogP contribution in [0.2, 0.25) is 0 Å².